The van der Waals surface area contributed by atoms with Crippen molar-refractivity contribution in [3.05, 3.63) is 0 Å². The molecule has 0 unspecified atom stereocenters. The molecule has 0 spiro atoms. The second-order valence-electron chi connectivity index (χ2n) is 6.24. The number of hydrogen-bond donors (Lipinski definition) is 1. The highest BCUT2D eigenvalue weighted by atomic mass is 15.1. The Labute approximate surface area is 101 Å². The molecule has 0 amide bonds. The summed E-state index contributed by atoms with van der Waals surface area (Å²) in [5.41, 5.74) is 0. The average molecular weight is 224 g/mol. The van der Waals surface area contributed by atoms with Crippen LogP contribution in [0.3, 0.4) is 0 Å². The average Bonchev–Trinajstić information content (AvgIpc) is 3.04. The molecule has 2 heteroatoms. The zero-order valence-electron chi connectivity index (χ0n) is 11.0. The standard InChI is InChI=1S/C14H28N2/c1-12(2)9-15-10-13-5-7-16(8-6-13)11-14-3-4-14/h12-15H,3-11H2,1-2H3. The fourth-order valence-electron chi connectivity index (χ4n) is 2.61. The normalized spacial score (nSPS) is 24.2. The third-order valence-electron chi connectivity index (χ3n) is 3.91. The van der Waals surface area contributed by atoms with Crippen LogP contribution in [0.4, 0.5) is 0 Å². The van der Waals surface area contributed by atoms with Crippen molar-refractivity contribution in [3.63, 3.8) is 0 Å². The van der Waals surface area contributed by atoms with Crippen molar-refractivity contribution in [1.82, 2.24) is 10.2 Å². The highest BCUT2D eigenvalue weighted by Gasteiger charge is 2.26. The maximum atomic E-state index is 3.60. The van der Waals surface area contributed by atoms with E-state index < -0.39 is 0 Å². The second kappa shape index (κ2) is 6.02. The second-order valence-corrected chi connectivity index (χ2v) is 6.24. The van der Waals surface area contributed by atoms with Crippen LogP contribution in [0.5, 0.6) is 0 Å². The summed E-state index contributed by atoms with van der Waals surface area (Å²) in [6.07, 6.45) is 5.82. The van der Waals surface area contributed by atoms with Crippen LogP contribution in [0.2, 0.25) is 0 Å². The third kappa shape index (κ3) is 4.42. The van der Waals surface area contributed by atoms with Gasteiger partial charge in [0.2, 0.25) is 0 Å². The lowest BCUT2D eigenvalue weighted by Gasteiger charge is -2.32. The number of nitrogens with zero attached hydrogens (tertiary/aromatic N) is 1. The van der Waals surface area contributed by atoms with Crippen LogP contribution in [-0.4, -0.2) is 37.6 Å². The molecule has 1 heterocycles. The van der Waals surface area contributed by atoms with E-state index in [0.717, 1.165) is 17.8 Å². The summed E-state index contributed by atoms with van der Waals surface area (Å²) in [6, 6.07) is 0. The monoisotopic (exact) mass is 224 g/mol. The zero-order valence-corrected chi connectivity index (χ0v) is 11.0. The number of hydrogen-bond acceptors (Lipinski definition) is 2. The van der Waals surface area contributed by atoms with E-state index >= 15 is 0 Å². The first-order valence-electron chi connectivity index (χ1n) is 7.17. The van der Waals surface area contributed by atoms with Crippen molar-refractivity contribution in [3.8, 4) is 0 Å². The summed E-state index contributed by atoms with van der Waals surface area (Å²) in [5, 5.41) is 3.60. The van der Waals surface area contributed by atoms with E-state index in [1.54, 1.807) is 0 Å². The molecular formula is C14H28N2. The van der Waals surface area contributed by atoms with Crippen molar-refractivity contribution in [2.24, 2.45) is 17.8 Å². The molecule has 0 bridgehead atoms. The molecule has 16 heavy (non-hydrogen) atoms. The Balaban J connectivity index is 1.53. The minimum absolute atomic E-state index is 0.787. The number of likely N-dealkylation sites (tertiary alicyclic amines) is 1. The smallest absolute Gasteiger partial charge is 0.000966 e. The van der Waals surface area contributed by atoms with Gasteiger partial charge in [0.25, 0.3) is 0 Å². The summed E-state index contributed by atoms with van der Waals surface area (Å²) in [4.78, 5) is 2.69. The molecule has 2 rings (SSSR count). The minimum Gasteiger partial charge on any atom is -0.316 e. The quantitative estimate of drug-likeness (QED) is 0.745. The van der Waals surface area contributed by atoms with Gasteiger partial charge >= 0.3 is 0 Å². The minimum atomic E-state index is 0.787. The van der Waals surface area contributed by atoms with Crippen LogP contribution in [0.15, 0.2) is 0 Å². The number of nitrogens with one attached hydrogen (secondary N) is 1. The first kappa shape index (κ1) is 12.4. The molecule has 1 saturated heterocycles. The van der Waals surface area contributed by atoms with Gasteiger partial charge in [0, 0.05) is 6.54 Å². The van der Waals surface area contributed by atoms with Crippen LogP contribution in [0, 0.1) is 17.8 Å². The van der Waals surface area contributed by atoms with Crippen molar-refractivity contribution < 1.29 is 0 Å². The van der Waals surface area contributed by atoms with E-state index in [4.69, 9.17) is 0 Å². The van der Waals surface area contributed by atoms with Gasteiger partial charge in [0.05, 0.1) is 0 Å². The van der Waals surface area contributed by atoms with Gasteiger partial charge in [-0.15, -0.1) is 0 Å². The number of piperidine rings is 1. The molecule has 0 aromatic heterocycles. The molecule has 94 valence electrons. The van der Waals surface area contributed by atoms with Crippen LogP contribution in [0.1, 0.15) is 39.5 Å². The van der Waals surface area contributed by atoms with Gasteiger partial charge in [0.1, 0.15) is 0 Å². The van der Waals surface area contributed by atoms with Gasteiger partial charge in [-0.1, -0.05) is 13.8 Å². The Morgan fingerprint density at radius 2 is 1.75 bits per heavy atom. The van der Waals surface area contributed by atoms with Crippen molar-refractivity contribution in [2.75, 3.05) is 32.7 Å². The molecule has 2 nitrogen and oxygen atoms in total. The highest BCUT2D eigenvalue weighted by molar-refractivity contribution is 4.81. The number of rotatable bonds is 6. The van der Waals surface area contributed by atoms with Crippen LogP contribution < -0.4 is 5.32 Å². The van der Waals surface area contributed by atoms with Crippen LogP contribution in [-0.2, 0) is 0 Å². The van der Waals surface area contributed by atoms with Crippen molar-refractivity contribution >= 4 is 0 Å². The molecule has 1 aliphatic heterocycles. The zero-order chi connectivity index (χ0) is 11.4. The fourth-order valence-corrected chi connectivity index (χ4v) is 2.61. The Morgan fingerprint density at radius 1 is 1.06 bits per heavy atom. The van der Waals surface area contributed by atoms with Crippen LogP contribution in [0.25, 0.3) is 0 Å². The van der Waals surface area contributed by atoms with E-state index in [1.165, 1.54) is 58.4 Å². The predicted octanol–water partition coefficient (Wildman–Crippen LogP) is 2.35. The van der Waals surface area contributed by atoms with Gasteiger partial charge in [-0.05, 0) is 69.6 Å². The van der Waals surface area contributed by atoms with E-state index in [-0.39, 0.29) is 0 Å². The first-order valence-corrected chi connectivity index (χ1v) is 7.17. The van der Waals surface area contributed by atoms with E-state index in [2.05, 4.69) is 24.1 Å². The molecule has 1 N–H and O–H groups in total. The fraction of sp³-hybridized carbons (Fsp3) is 1.00. The molecule has 0 atom stereocenters. The lowest BCUT2D eigenvalue weighted by atomic mass is 9.96. The molecule has 1 saturated carbocycles. The maximum absolute atomic E-state index is 3.60. The van der Waals surface area contributed by atoms with Gasteiger partial charge in [-0.3, -0.25) is 0 Å². The molecule has 1 aliphatic carbocycles. The topological polar surface area (TPSA) is 15.3 Å². The SMILES string of the molecule is CC(C)CNCC1CCN(CC2CC2)CC1. The summed E-state index contributed by atoms with van der Waals surface area (Å²) < 4.78 is 0. The lowest BCUT2D eigenvalue weighted by molar-refractivity contribution is 0.175. The largest absolute Gasteiger partial charge is 0.316 e. The molecule has 2 fully saturated rings. The van der Waals surface area contributed by atoms with Crippen LogP contribution >= 0.6 is 0 Å². The van der Waals surface area contributed by atoms with Gasteiger partial charge < -0.3 is 10.2 Å². The predicted molar refractivity (Wildman–Crippen MR) is 69.6 cm³/mol. The Hall–Kier alpha value is -0.0800. The highest BCUT2D eigenvalue weighted by Crippen LogP contribution is 2.31. The third-order valence-corrected chi connectivity index (χ3v) is 3.91. The lowest BCUT2D eigenvalue weighted by Crippen LogP contribution is -2.38. The van der Waals surface area contributed by atoms with Gasteiger partial charge in [-0.25, -0.2) is 0 Å². The van der Waals surface area contributed by atoms with Crippen molar-refractivity contribution in [1.29, 1.82) is 0 Å². The summed E-state index contributed by atoms with van der Waals surface area (Å²) in [6.45, 7) is 11.1. The van der Waals surface area contributed by atoms with Crippen molar-refractivity contribution in [2.45, 2.75) is 39.5 Å². The first-order chi connectivity index (χ1) is 7.74. The molecule has 0 radical (unpaired) electrons. The molecule has 2 aliphatic rings. The molecule has 0 aromatic carbocycles. The van der Waals surface area contributed by atoms with E-state index in [1.807, 2.05) is 0 Å². The summed E-state index contributed by atoms with van der Waals surface area (Å²) in [5.74, 6) is 2.79. The Bertz CT molecular complexity index is 191. The van der Waals surface area contributed by atoms with Gasteiger partial charge in [-0.2, -0.15) is 0 Å². The summed E-state index contributed by atoms with van der Waals surface area (Å²) >= 11 is 0. The summed E-state index contributed by atoms with van der Waals surface area (Å²) in [7, 11) is 0. The van der Waals surface area contributed by atoms with E-state index in [0.29, 0.717) is 0 Å². The van der Waals surface area contributed by atoms with E-state index in [9.17, 15) is 0 Å². The molecule has 0 aromatic rings. The Kier molecular flexibility index (Phi) is 4.66. The maximum Gasteiger partial charge on any atom is 0.000966 e. The Morgan fingerprint density at radius 3 is 2.31 bits per heavy atom. The molecular weight excluding hydrogens is 196 g/mol. The van der Waals surface area contributed by atoms with Gasteiger partial charge in [0.15, 0.2) is 0 Å².